The van der Waals surface area contributed by atoms with Gasteiger partial charge in [0.15, 0.2) is 17.5 Å². The molecule has 2 aliphatic heterocycles. The Balaban J connectivity index is 0.00000256. The van der Waals surface area contributed by atoms with Gasteiger partial charge in [-0.25, -0.2) is 0 Å². The van der Waals surface area contributed by atoms with Crippen LogP contribution in [-0.2, 0) is 6.54 Å². The van der Waals surface area contributed by atoms with E-state index in [2.05, 4.69) is 45.5 Å². The van der Waals surface area contributed by atoms with E-state index < -0.39 is 0 Å². The first-order chi connectivity index (χ1) is 14.3. The number of fused-ring (bicyclic) bond motifs is 1. The summed E-state index contributed by atoms with van der Waals surface area (Å²) in [5.74, 6) is 1.97. The molecule has 1 saturated heterocycles. The monoisotopic (exact) mass is 522 g/mol. The van der Waals surface area contributed by atoms with Crippen molar-refractivity contribution < 1.29 is 9.47 Å². The Kier molecular flexibility index (Phi) is 8.62. The van der Waals surface area contributed by atoms with E-state index >= 15 is 0 Å². The summed E-state index contributed by atoms with van der Waals surface area (Å²) >= 11 is 0. The van der Waals surface area contributed by atoms with E-state index in [0.29, 0.717) is 31.8 Å². The maximum absolute atomic E-state index is 6.18. The predicted molar refractivity (Wildman–Crippen MR) is 132 cm³/mol. The third-order valence-corrected chi connectivity index (χ3v) is 5.47. The summed E-state index contributed by atoms with van der Waals surface area (Å²) in [5.41, 5.74) is 8.39. The number of anilines is 1. The number of ether oxygens (including phenoxy) is 2. The van der Waals surface area contributed by atoms with Gasteiger partial charge in [-0.3, -0.25) is 9.89 Å². The molecule has 0 aliphatic carbocycles. The van der Waals surface area contributed by atoms with Crippen molar-refractivity contribution in [2.45, 2.75) is 38.3 Å². The molecule has 1 fully saturated rings. The molecule has 0 saturated carbocycles. The third kappa shape index (κ3) is 6.25. The Bertz CT molecular complexity index is 831. The summed E-state index contributed by atoms with van der Waals surface area (Å²) in [6, 6.07) is 16.8. The second-order valence-corrected chi connectivity index (χ2v) is 7.67. The lowest BCUT2D eigenvalue weighted by molar-refractivity contribution is 0.145. The molecular weight excluding hydrogens is 491 g/mol. The van der Waals surface area contributed by atoms with Crippen LogP contribution < -0.4 is 20.5 Å². The molecule has 1 atom stereocenters. The number of nitrogens with two attached hydrogens (primary N) is 1. The molecule has 30 heavy (non-hydrogen) atoms. The minimum Gasteiger partial charge on any atom is -0.490 e. The Morgan fingerprint density at radius 2 is 1.83 bits per heavy atom. The first kappa shape index (κ1) is 22.7. The molecule has 0 spiro atoms. The predicted octanol–water partition coefficient (Wildman–Crippen LogP) is 4.25. The Morgan fingerprint density at radius 1 is 1.03 bits per heavy atom. The second kappa shape index (κ2) is 11.4. The molecule has 2 heterocycles. The van der Waals surface area contributed by atoms with E-state index in [1.54, 1.807) is 0 Å². The molecule has 6 nitrogen and oxygen atoms in total. The number of hydrogen-bond donors (Lipinski definition) is 2. The van der Waals surface area contributed by atoms with Crippen LogP contribution in [0.25, 0.3) is 0 Å². The van der Waals surface area contributed by atoms with Gasteiger partial charge in [-0.05, 0) is 37.1 Å². The highest BCUT2D eigenvalue weighted by Crippen LogP contribution is 2.32. The van der Waals surface area contributed by atoms with Gasteiger partial charge in [-0.1, -0.05) is 36.8 Å². The average molecular weight is 522 g/mol. The number of piperidine rings is 1. The van der Waals surface area contributed by atoms with Crippen LogP contribution in [0.15, 0.2) is 53.5 Å². The van der Waals surface area contributed by atoms with E-state index in [1.165, 1.54) is 18.4 Å². The van der Waals surface area contributed by atoms with Gasteiger partial charge in [-0.2, -0.15) is 0 Å². The highest BCUT2D eigenvalue weighted by molar-refractivity contribution is 14.0. The third-order valence-electron chi connectivity index (χ3n) is 5.47. The van der Waals surface area contributed by atoms with Gasteiger partial charge in [0.05, 0.1) is 19.8 Å². The van der Waals surface area contributed by atoms with E-state index in [9.17, 15) is 0 Å². The van der Waals surface area contributed by atoms with Crippen LogP contribution >= 0.6 is 24.0 Å². The Morgan fingerprint density at radius 3 is 2.67 bits per heavy atom. The maximum atomic E-state index is 6.18. The van der Waals surface area contributed by atoms with Crippen LogP contribution in [0.5, 0.6) is 11.5 Å². The fraction of sp³-hybridized carbons (Fsp3) is 0.435. The molecule has 4 rings (SSSR count). The fourth-order valence-corrected chi connectivity index (χ4v) is 3.93. The van der Waals surface area contributed by atoms with Gasteiger partial charge in [0.1, 0.15) is 0 Å². The smallest absolute Gasteiger partial charge is 0.193 e. The number of rotatable bonds is 5. The lowest BCUT2D eigenvalue weighted by Crippen LogP contribution is -2.41. The zero-order chi connectivity index (χ0) is 19.9. The van der Waals surface area contributed by atoms with Crippen LogP contribution in [0.4, 0.5) is 5.69 Å². The minimum absolute atomic E-state index is 0. The van der Waals surface area contributed by atoms with Crippen molar-refractivity contribution in [1.82, 2.24) is 4.90 Å². The van der Waals surface area contributed by atoms with Crippen LogP contribution in [0, 0.1) is 0 Å². The van der Waals surface area contributed by atoms with Crippen molar-refractivity contribution in [3.8, 4) is 11.5 Å². The Labute approximate surface area is 195 Å². The summed E-state index contributed by atoms with van der Waals surface area (Å²) in [6.07, 6.45) is 4.55. The number of halogens is 1. The zero-order valence-electron chi connectivity index (χ0n) is 17.3. The molecule has 0 aromatic heterocycles. The van der Waals surface area contributed by atoms with Crippen LogP contribution in [0.3, 0.4) is 0 Å². The van der Waals surface area contributed by atoms with Gasteiger partial charge >= 0.3 is 0 Å². The second-order valence-electron chi connectivity index (χ2n) is 7.67. The summed E-state index contributed by atoms with van der Waals surface area (Å²) in [7, 11) is 0. The SMILES string of the molecule is I.NC(=NCC1CCCCN1Cc1ccccc1)Nc1ccc2c(c1)OCCCO2. The van der Waals surface area contributed by atoms with E-state index in [-0.39, 0.29) is 24.0 Å². The lowest BCUT2D eigenvalue weighted by Gasteiger charge is -2.35. The molecule has 0 bridgehead atoms. The first-order valence-electron chi connectivity index (χ1n) is 10.5. The molecular formula is C23H31IN4O2. The van der Waals surface area contributed by atoms with Crippen molar-refractivity contribution in [3.63, 3.8) is 0 Å². The number of likely N-dealkylation sites (tertiary alicyclic amines) is 1. The van der Waals surface area contributed by atoms with Gasteiger partial charge in [0, 0.05) is 30.8 Å². The molecule has 162 valence electrons. The van der Waals surface area contributed by atoms with Gasteiger partial charge in [-0.15, -0.1) is 24.0 Å². The molecule has 2 aliphatic rings. The number of nitrogens with one attached hydrogen (secondary N) is 1. The molecule has 3 N–H and O–H groups in total. The standard InChI is InChI=1S/C23H30N4O2.HI/c24-23(26-19-10-11-21-22(15-19)29-14-6-13-28-21)25-16-20-9-4-5-12-27(20)17-18-7-2-1-3-8-18;/h1-3,7-8,10-11,15,20H,4-6,9,12-14,16-17H2,(H3,24,25,26);1H. The molecule has 2 aromatic carbocycles. The summed E-state index contributed by atoms with van der Waals surface area (Å²) < 4.78 is 11.4. The summed E-state index contributed by atoms with van der Waals surface area (Å²) in [4.78, 5) is 7.17. The molecule has 2 aromatic rings. The number of nitrogens with zero attached hydrogens (tertiary/aromatic N) is 2. The zero-order valence-corrected chi connectivity index (χ0v) is 19.6. The van der Waals surface area contributed by atoms with Crippen LogP contribution in [0.2, 0.25) is 0 Å². The highest BCUT2D eigenvalue weighted by atomic mass is 127. The van der Waals surface area contributed by atoms with Gasteiger partial charge in [0.25, 0.3) is 0 Å². The van der Waals surface area contributed by atoms with Gasteiger partial charge in [0.2, 0.25) is 0 Å². The van der Waals surface area contributed by atoms with Crippen molar-refractivity contribution in [3.05, 3.63) is 54.1 Å². The molecule has 0 radical (unpaired) electrons. The molecule has 0 amide bonds. The Hall–Kier alpha value is -2.00. The quantitative estimate of drug-likeness (QED) is 0.349. The molecule has 1 unspecified atom stereocenters. The number of hydrogen-bond acceptors (Lipinski definition) is 4. The van der Waals surface area contributed by atoms with E-state index in [4.69, 9.17) is 15.2 Å². The summed E-state index contributed by atoms with van der Waals surface area (Å²) in [6.45, 7) is 4.14. The average Bonchev–Trinajstić information content (AvgIpc) is 2.99. The van der Waals surface area contributed by atoms with Crippen LogP contribution in [-0.4, -0.2) is 43.2 Å². The van der Waals surface area contributed by atoms with E-state index in [0.717, 1.165) is 43.1 Å². The lowest BCUT2D eigenvalue weighted by atomic mass is 10.0. The first-order valence-corrected chi connectivity index (χ1v) is 10.5. The highest BCUT2D eigenvalue weighted by Gasteiger charge is 2.22. The molecule has 7 heteroatoms. The van der Waals surface area contributed by atoms with Crippen molar-refractivity contribution in [2.24, 2.45) is 10.7 Å². The fourth-order valence-electron chi connectivity index (χ4n) is 3.93. The number of benzene rings is 2. The number of guanidine groups is 1. The number of aliphatic imine (C=N–C) groups is 1. The van der Waals surface area contributed by atoms with Gasteiger partial charge < -0.3 is 20.5 Å². The van der Waals surface area contributed by atoms with Crippen molar-refractivity contribution in [2.75, 3.05) is 31.6 Å². The van der Waals surface area contributed by atoms with E-state index in [1.807, 2.05) is 18.2 Å². The largest absolute Gasteiger partial charge is 0.490 e. The van der Waals surface area contributed by atoms with Crippen LogP contribution in [0.1, 0.15) is 31.2 Å². The summed E-state index contributed by atoms with van der Waals surface area (Å²) in [5, 5.41) is 3.19. The van der Waals surface area contributed by atoms with Crippen molar-refractivity contribution in [1.29, 1.82) is 0 Å². The normalized spacial score (nSPS) is 19.5. The van der Waals surface area contributed by atoms with Crippen molar-refractivity contribution >= 4 is 35.6 Å². The maximum Gasteiger partial charge on any atom is 0.193 e. The topological polar surface area (TPSA) is 72.1 Å². The minimum atomic E-state index is 0.